The van der Waals surface area contributed by atoms with Crippen LogP contribution in [0.2, 0.25) is 5.02 Å². The minimum atomic E-state index is -0.690. The first-order valence-electron chi connectivity index (χ1n) is 5.01. The van der Waals surface area contributed by atoms with Crippen molar-refractivity contribution >= 4 is 11.6 Å². The molecule has 3 rings (SSSR count). The summed E-state index contributed by atoms with van der Waals surface area (Å²) in [6, 6.07) is 1.34. The minimum Gasteiger partial charge on any atom is -0.454 e. The number of rotatable bonds is 2. The maximum Gasteiger partial charge on any atom is 0.240 e. The van der Waals surface area contributed by atoms with Crippen molar-refractivity contribution in [3.8, 4) is 22.9 Å². The van der Waals surface area contributed by atoms with E-state index in [9.17, 15) is 4.39 Å². The summed E-state index contributed by atoms with van der Waals surface area (Å²) in [7, 11) is 0. The van der Waals surface area contributed by atoms with Crippen LogP contribution in [0.3, 0.4) is 0 Å². The highest BCUT2D eigenvalue weighted by molar-refractivity contribution is 6.31. The first kappa shape index (κ1) is 11.2. The summed E-state index contributed by atoms with van der Waals surface area (Å²) in [5.41, 5.74) is 5.36. The fourth-order valence-electron chi connectivity index (χ4n) is 1.63. The Morgan fingerprint density at radius 3 is 3.00 bits per heavy atom. The van der Waals surface area contributed by atoms with E-state index < -0.39 is 5.82 Å². The summed E-state index contributed by atoms with van der Waals surface area (Å²) in [5.74, 6) is 0.0799. The molecule has 0 aliphatic carbocycles. The van der Waals surface area contributed by atoms with Crippen LogP contribution >= 0.6 is 11.6 Å². The molecule has 18 heavy (non-hydrogen) atoms. The van der Waals surface area contributed by atoms with Gasteiger partial charge in [-0.1, -0.05) is 16.8 Å². The van der Waals surface area contributed by atoms with Crippen LogP contribution in [0, 0.1) is 5.82 Å². The van der Waals surface area contributed by atoms with Crippen molar-refractivity contribution in [2.75, 3.05) is 6.79 Å². The Hall–Kier alpha value is -1.86. The molecule has 0 saturated heterocycles. The lowest BCUT2D eigenvalue weighted by Crippen LogP contribution is -1.97. The number of nitrogens with zero attached hydrogens (tertiary/aromatic N) is 2. The third kappa shape index (κ3) is 1.59. The predicted octanol–water partition coefficient (Wildman–Crippen LogP) is 1.72. The zero-order valence-electron chi connectivity index (χ0n) is 8.94. The van der Waals surface area contributed by atoms with Gasteiger partial charge in [0.15, 0.2) is 17.3 Å². The van der Waals surface area contributed by atoms with E-state index in [1.807, 2.05) is 0 Å². The third-order valence-electron chi connectivity index (χ3n) is 2.42. The summed E-state index contributed by atoms with van der Waals surface area (Å²) in [6.07, 6.45) is 0. The number of ether oxygens (including phenoxy) is 2. The van der Waals surface area contributed by atoms with Gasteiger partial charge in [-0.15, -0.1) is 0 Å². The van der Waals surface area contributed by atoms with E-state index in [2.05, 4.69) is 10.1 Å². The number of hydrogen-bond donors (Lipinski definition) is 1. The molecule has 1 aliphatic heterocycles. The molecule has 0 saturated carbocycles. The van der Waals surface area contributed by atoms with Crippen molar-refractivity contribution in [2.24, 2.45) is 5.73 Å². The monoisotopic (exact) mass is 271 g/mol. The van der Waals surface area contributed by atoms with Crippen LogP contribution in [0.4, 0.5) is 4.39 Å². The molecule has 2 heterocycles. The van der Waals surface area contributed by atoms with Gasteiger partial charge in [-0.2, -0.15) is 4.98 Å². The lowest BCUT2D eigenvalue weighted by atomic mass is 10.1. The quantitative estimate of drug-likeness (QED) is 0.895. The van der Waals surface area contributed by atoms with Crippen LogP contribution in [-0.2, 0) is 6.54 Å². The van der Waals surface area contributed by atoms with Crippen LogP contribution in [-0.4, -0.2) is 16.9 Å². The summed E-state index contributed by atoms with van der Waals surface area (Å²) < 4.78 is 29.2. The van der Waals surface area contributed by atoms with Gasteiger partial charge in [0.05, 0.1) is 11.6 Å². The molecule has 6 nitrogen and oxygen atoms in total. The highest BCUT2D eigenvalue weighted by Gasteiger charge is 2.28. The second-order valence-corrected chi connectivity index (χ2v) is 3.90. The van der Waals surface area contributed by atoms with E-state index in [-0.39, 0.29) is 41.4 Å². The van der Waals surface area contributed by atoms with Gasteiger partial charge in [0.1, 0.15) is 5.56 Å². The van der Waals surface area contributed by atoms with Crippen LogP contribution in [0.5, 0.6) is 11.5 Å². The van der Waals surface area contributed by atoms with E-state index in [4.69, 9.17) is 31.3 Å². The first-order valence-corrected chi connectivity index (χ1v) is 5.39. The average Bonchev–Trinajstić information content (AvgIpc) is 2.99. The molecule has 2 N–H and O–H groups in total. The molecule has 94 valence electrons. The van der Waals surface area contributed by atoms with E-state index in [1.165, 1.54) is 6.07 Å². The molecule has 0 fully saturated rings. The fourth-order valence-corrected chi connectivity index (χ4v) is 1.82. The second kappa shape index (κ2) is 4.11. The molecule has 2 aromatic rings. The van der Waals surface area contributed by atoms with Gasteiger partial charge in [-0.05, 0) is 0 Å². The predicted molar refractivity (Wildman–Crippen MR) is 58.7 cm³/mol. The molecule has 0 atom stereocenters. The average molecular weight is 272 g/mol. The third-order valence-corrected chi connectivity index (χ3v) is 2.70. The molecule has 0 amide bonds. The molecule has 0 spiro atoms. The second-order valence-electron chi connectivity index (χ2n) is 3.50. The Kier molecular flexibility index (Phi) is 2.57. The van der Waals surface area contributed by atoms with Gasteiger partial charge in [-0.25, -0.2) is 4.39 Å². The summed E-state index contributed by atoms with van der Waals surface area (Å²) >= 11 is 5.77. The SMILES string of the molecule is NCc1nc(-c2c(F)c(Cl)cc3c2OCO3)no1. The van der Waals surface area contributed by atoms with Crippen LogP contribution < -0.4 is 15.2 Å². The first-order chi connectivity index (χ1) is 8.70. The van der Waals surface area contributed by atoms with Crippen molar-refractivity contribution in [2.45, 2.75) is 6.54 Å². The van der Waals surface area contributed by atoms with E-state index in [0.29, 0.717) is 5.75 Å². The maximum absolute atomic E-state index is 14.0. The topological polar surface area (TPSA) is 83.4 Å². The van der Waals surface area contributed by atoms with E-state index >= 15 is 0 Å². The Morgan fingerprint density at radius 2 is 2.28 bits per heavy atom. The van der Waals surface area contributed by atoms with Gasteiger partial charge < -0.3 is 19.7 Å². The summed E-state index contributed by atoms with van der Waals surface area (Å²) in [5, 5.41) is 3.53. The molecule has 1 aromatic carbocycles. The Labute approximate surface area is 105 Å². The number of fused-ring (bicyclic) bond motifs is 1. The summed E-state index contributed by atoms with van der Waals surface area (Å²) in [6.45, 7) is 0.0540. The standard InChI is InChI=1S/C10H7ClFN3O3/c11-4-1-5-9(17-3-16-5)7(8(4)12)10-14-6(2-13)18-15-10/h1H,2-3,13H2. The molecular formula is C10H7ClFN3O3. The van der Waals surface area contributed by atoms with Crippen molar-refractivity contribution in [1.82, 2.24) is 10.1 Å². The van der Waals surface area contributed by atoms with Crippen molar-refractivity contribution in [3.05, 3.63) is 22.8 Å². The lowest BCUT2D eigenvalue weighted by Gasteiger charge is -2.04. The van der Waals surface area contributed by atoms with Gasteiger partial charge in [0.2, 0.25) is 18.5 Å². The maximum atomic E-state index is 14.0. The number of benzene rings is 1. The Balaban J connectivity index is 2.21. The van der Waals surface area contributed by atoms with Crippen molar-refractivity contribution in [1.29, 1.82) is 0 Å². The van der Waals surface area contributed by atoms with Gasteiger partial charge >= 0.3 is 0 Å². The smallest absolute Gasteiger partial charge is 0.240 e. The number of aromatic nitrogens is 2. The van der Waals surface area contributed by atoms with Crippen molar-refractivity contribution < 1.29 is 18.4 Å². The highest BCUT2D eigenvalue weighted by Crippen LogP contribution is 2.44. The molecule has 1 aromatic heterocycles. The molecular weight excluding hydrogens is 265 g/mol. The van der Waals surface area contributed by atoms with Crippen LogP contribution in [0.25, 0.3) is 11.4 Å². The lowest BCUT2D eigenvalue weighted by molar-refractivity contribution is 0.174. The fraction of sp³-hybridized carbons (Fsp3) is 0.200. The molecule has 0 bridgehead atoms. The van der Waals surface area contributed by atoms with Crippen LogP contribution in [0.15, 0.2) is 10.6 Å². The highest BCUT2D eigenvalue weighted by atomic mass is 35.5. The van der Waals surface area contributed by atoms with E-state index in [0.717, 1.165) is 0 Å². The molecule has 8 heteroatoms. The Bertz CT molecular complexity index is 617. The number of hydrogen-bond acceptors (Lipinski definition) is 6. The largest absolute Gasteiger partial charge is 0.454 e. The van der Waals surface area contributed by atoms with Gasteiger partial charge in [-0.3, -0.25) is 0 Å². The number of nitrogens with two attached hydrogens (primary N) is 1. The normalized spacial score (nSPS) is 13.1. The van der Waals surface area contributed by atoms with Crippen molar-refractivity contribution in [3.63, 3.8) is 0 Å². The Morgan fingerprint density at radius 1 is 1.44 bits per heavy atom. The summed E-state index contributed by atoms with van der Waals surface area (Å²) in [4.78, 5) is 3.94. The zero-order valence-corrected chi connectivity index (χ0v) is 9.70. The van der Waals surface area contributed by atoms with E-state index in [1.54, 1.807) is 0 Å². The van der Waals surface area contributed by atoms with Gasteiger partial charge in [0.25, 0.3) is 0 Å². The van der Waals surface area contributed by atoms with Crippen LogP contribution in [0.1, 0.15) is 5.89 Å². The zero-order chi connectivity index (χ0) is 12.7. The number of halogens is 2. The molecule has 1 aliphatic rings. The van der Waals surface area contributed by atoms with Gasteiger partial charge in [0, 0.05) is 6.07 Å². The molecule has 0 unspecified atom stereocenters. The molecule has 0 radical (unpaired) electrons. The minimum absolute atomic E-state index is 0.0102.